The molecule has 1 amide bonds. The number of amides is 1. The van der Waals surface area contributed by atoms with Crippen molar-refractivity contribution in [2.45, 2.75) is 19.9 Å². The van der Waals surface area contributed by atoms with Gasteiger partial charge in [0.15, 0.2) is 0 Å². The fraction of sp³-hybridized carbons (Fsp3) is 0.267. The minimum atomic E-state index is -0.558. The first-order chi connectivity index (χ1) is 9.59. The normalized spacial score (nSPS) is 13.0. The van der Waals surface area contributed by atoms with Crippen molar-refractivity contribution in [2.24, 2.45) is 16.8 Å². The second kappa shape index (κ2) is 6.25. The molecule has 0 bridgehead atoms. The van der Waals surface area contributed by atoms with Gasteiger partial charge >= 0.3 is 0 Å². The lowest BCUT2D eigenvalue weighted by molar-refractivity contribution is -0.123. The zero-order valence-electron chi connectivity index (χ0n) is 11.6. The smallest absolute Gasteiger partial charge is 0.257 e. The number of fused-ring (bicyclic) bond motifs is 1. The minimum absolute atomic E-state index is 0.0735. The second-order valence-corrected chi connectivity index (χ2v) is 4.93. The SMILES string of the molecule is CC(C)[C@@H](N)C(=O)N/N=C/c1cccc2cccnc12. The second-order valence-electron chi connectivity index (χ2n) is 4.93. The van der Waals surface area contributed by atoms with Gasteiger partial charge in [0.2, 0.25) is 0 Å². The van der Waals surface area contributed by atoms with E-state index in [1.807, 2.05) is 44.2 Å². The van der Waals surface area contributed by atoms with E-state index in [0.29, 0.717) is 0 Å². The zero-order valence-corrected chi connectivity index (χ0v) is 11.6. The Morgan fingerprint density at radius 2 is 2.10 bits per heavy atom. The van der Waals surface area contributed by atoms with Gasteiger partial charge in [0.05, 0.1) is 17.8 Å². The number of para-hydroxylation sites is 1. The minimum Gasteiger partial charge on any atom is -0.320 e. The summed E-state index contributed by atoms with van der Waals surface area (Å²) in [6, 6.07) is 9.10. The first kappa shape index (κ1) is 14.1. The van der Waals surface area contributed by atoms with Crippen LogP contribution in [0.5, 0.6) is 0 Å². The summed E-state index contributed by atoms with van der Waals surface area (Å²) in [5.74, 6) is -0.214. The number of hydrazone groups is 1. The summed E-state index contributed by atoms with van der Waals surface area (Å²) in [7, 11) is 0. The van der Waals surface area contributed by atoms with Crippen LogP contribution in [-0.4, -0.2) is 23.1 Å². The van der Waals surface area contributed by atoms with E-state index < -0.39 is 6.04 Å². The van der Waals surface area contributed by atoms with Crippen LogP contribution in [0.3, 0.4) is 0 Å². The summed E-state index contributed by atoms with van der Waals surface area (Å²) in [6.45, 7) is 3.78. The highest BCUT2D eigenvalue weighted by Gasteiger charge is 2.16. The van der Waals surface area contributed by atoms with Crippen LogP contribution in [0, 0.1) is 5.92 Å². The van der Waals surface area contributed by atoms with Gasteiger partial charge in [-0.3, -0.25) is 9.78 Å². The molecule has 0 aliphatic rings. The maximum atomic E-state index is 11.7. The molecule has 1 aromatic heterocycles. The van der Waals surface area contributed by atoms with E-state index in [1.54, 1.807) is 12.4 Å². The quantitative estimate of drug-likeness (QED) is 0.655. The molecule has 5 heteroatoms. The lowest BCUT2D eigenvalue weighted by atomic mass is 10.1. The van der Waals surface area contributed by atoms with Gasteiger partial charge in [-0.2, -0.15) is 5.10 Å². The molecule has 1 heterocycles. The average molecular weight is 270 g/mol. The summed E-state index contributed by atoms with van der Waals surface area (Å²) in [5, 5.41) is 4.98. The van der Waals surface area contributed by atoms with Crippen LogP contribution in [0.1, 0.15) is 19.4 Å². The fourth-order valence-corrected chi connectivity index (χ4v) is 1.77. The number of nitrogens with two attached hydrogens (primary N) is 1. The first-order valence-electron chi connectivity index (χ1n) is 6.52. The number of carbonyl (C=O) groups excluding carboxylic acids is 1. The van der Waals surface area contributed by atoms with Gasteiger partial charge in [-0.05, 0) is 12.0 Å². The molecule has 20 heavy (non-hydrogen) atoms. The standard InChI is InChI=1S/C15H18N4O/c1-10(2)13(16)15(20)19-18-9-12-6-3-5-11-7-4-8-17-14(11)12/h3-10,13H,16H2,1-2H3,(H,19,20)/b18-9+/t13-/m1/s1. The van der Waals surface area contributed by atoms with E-state index >= 15 is 0 Å². The van der Waals surface area contributed by atoms with Crippen molar-refractivity contribution in [1.29, 1.82) is 0 Å². The number of hydrogen-bond donors (Lipinski definition) is 2. The first-order valence-corrected chi connectivity index (χ1v) is 6.52. The number of benzene rings is 1. The molecule has 1 aromatic carbocycles. The van der Waals surface area contributed by atoms with E-state index in [0.717, 1.165) is 16.5 Å². The molecule has 1 atom stereocenters. The summed E-state index contributed by atoms with van der Waals surface area (Å²) in [5.41, 5.74) is 9.88. The monoisotopic (exact) mass is 270 g/mol. The summed E-state index contributed by atoms with van der Waals surface area (Å²) < 4.78 is 0. The molecule has 0 saturated heterocycles. The van der Waals surface area contributed by atoms with Crippen LogP contribution in [0.25, 0.3) is 10.9 Å². The molecule has 0 unspecified atom stereocenters. The van der Waals surface area contributed by atoms with Crippen molar-refractivity contribution >= 4 is 23.0 Å². The Labute approximate surface area is 117 Å². The van der Waals surface area contributed by atoms with Crippen LogP contribution in [-0.2, 0) is 4.79 Å². The van der Waals surface area contributed by atoms with Gasteiger partial charge in [-0.25, -0.2) is 5.43 Å². The van der Waals surface area contributed by atoms with Crippen molar-refractivity contribution < 1.29 is 4.79 Å². The third-order valence-corrected chi connectivity index (χ3v) is 3.06. The highest BCUT2D eigenvalue weighted by Crippen LogP contribution is 2.13. The Hall–Kier alpha value is -2.27. The Morgan fingerprint density at radius 1 is 1.35 bits per heavy atom. The highest BCUT2D eigenvalue weighted by atomic mass is 16.2. The van der Waals surface area contributed by atoms with Gasteiger partial charge in [0, 0.05) is 17.1 Å². The molecule has 0 aliphatic carbocycles. The molecule has 0 saturated carbocycles. The van der Waals surface area contributed by atoms with Gasteiger partial charge < -0.3 is 5.73 Å². The molecule has 3 N–H and O–H groups in total. The fourth-order valence-electron chi connectivity index (χ4n) is 1.77. The van der Waals surface area contributed by atoms with Crippen LogP contribution in [0.4, 0.5) is 0 Å². The van der Waals surface area contributed by atoms with E-state index in [-0.39, 0.29) is 11.8 Å². The molecule has 2 aromatic rings. The maximum absolute atomic E-state index is 11.7. The van der Waals surface area contributed by atoms with Gasteiger partial charge in [0.25, 0.3) is 5.91 Å². The van der Waals surface area contributed by atoms with Crippen LogP contribution in [0.15, 0.2) is 41.6 Å². The summed E-state index contributed by atoms with van der Waals surface area (Å²) >= 11 is 0. The molecule has 5 nitrogen and oxygen atoms in total. The molecular weight excluding hydrogens is 252 g/mol. The van der Waals surface area contributed by atoms with Gasteiger partial charge in [-0.15, -0.1) is 0 Å². The number of rotatable bonds is 4. The number of pyridine rings is 1. The van der Waals surface area contributed by atoms with Gasteiger partial charge in [-0.1, -0.05) is 38.1 Å². The highest BCUT2D eigenvalue weighted by molar-refractivity contribution is 5.97. The molecular formula is C15H18N4O. The molecule has 2 rings (SSSR count). The number of hydrogen-bond acceptors (Lipinski definition) is 4. The summed E-state index contributed by atoms with van der Waals surface area (Å²) in [4.78, 5) is 16.0. The average Bonchev–Trinajstić information content (AvgIpc) is 2.46. The van der Waals surface area contributed by atoms with Crippen LogP contribution >= 0.6 is 0 Å². The third-order valence-electron chi connectivity index (χ3n) is 3.06. The molecule has 0 spiro atoms. The van der Waals surface area contributed by atoms with E-state index in [2.05, 4.69) is 15.5 Å². The van der Waals surface area contributed by atoms with Crippen molar-refractivity contribution in [2.75, 3.05) is 0 Å². The van der Waals surface area contributed by atoms with Crippen LogP contribution < -0.4 is 11.2 Å². The van der Waals surface area contributed by atoms with E-state index in [1.165, 1.54) is 0 Å². The molecule has 0 radical (unpaired) electrons. The lowest BCUT2D eigenvalue weighted by Crippen LogP contribution is -2.42. The topological polar surface area (TPSA) is 80.4 Å². The Balaban J connectivity index is 2.13. The van der Waals surface area contributed by atoms with Gasteiger partial charge in [0.1, 0.15) is 0 Å². The van der Waals surface area contributed by atoms with Crippen molar-refractivity contribution in [3.05, 3.63) is 42.1 Å². The number of nitrogens with one attached hydrogen (secondary N) is 1. The van der Waals surface area contributed by atoms with E-state index in [9.17, 15) is 4.79 Å². The lowest BCUT2D eigenvalue weighted by Gasteiger charge is -2.12. The predicted octanol–water partition coefficient (Wildman–Crippen LogP) is 1.67. The van der Waals surface area contributed by atoms with Crippen LogP contribution in [0.2, 0.25) is 0 Å². The predicted molar refractivity (Wildman–Crippen MR) is 80.3 cm³/mol. The molecule has 0 aliphatic heterocycles. The largest absolute Gasteiger partial charge is 0.320 e. The zero-order chi connectivity index (χ0) is 14.5. The molecule has 104 valence electrons. The van der Waals surface area contributed by atoms with Crippen molar-refractivity contribution in [1.82, 2.24) is 10.4 Å². The Kier molecular flexibility index (Phi) is 4.42. The number of nitrogens with zero attached hydrogens (tertiary/aromatic N) is 2. The Morgan fingerprint density at radius 3 is 2.85 bits per heavy atom. The van der Waals surface area contributed by atoms with E-state index in [4.69, 9.17) is 5.73 Å². The molecule has 0 fully saturated rings. The Bertz CT molecular complexity index is 631. The maximum Gasteiger partial charge on any atom is 0.257 e. The number of aromatic nitrogens is 1. The summed E-state index contributed by atoms with van der Waals surface area (Å²) in [6.07, 6.45) is 3.31. The third kappa shape index (κ3) is 3.19. The number of carbonyl (C=O) groups is 1. The van der Waals surface area contributed by atoms with Crippen molar-refractivity contribution in [3.8, 4) is 0 Å². The van der Waals surface area contributed by atoms with Crippen molar-refractivity contribution in [3.63, 3.8) is 0 Å².